The lowest BCUT2D eigenvalue weighted by Crippen LogP contribution is -2.30. The molecule has 1 amide bonds. The third-order valence-electron chi connectivity index (χ3n) is 3.20. The molecule has 0 unspecified atom stereocenters. The summed E-state index contributed by atoms with van der Waals surface area (Å²) in [6.45, 7) is 6.26. The van der Waals surface area contributed by atoms with Gasteiger partial charge in [0, 0.05) is 25.4 Å². The molecule has 0 aliphatic rings. The van der Waals surface area contributed by atoms with Gasteiger partial charge in [-0.15, -0.1) is 5.10 Å². The average Bonchev–Trinajstić information content (AvgIpc) is 3.09. The fourth-order valence-corrected chi connectivity index (χ4v) is 3.05. The zero-order valence-corrected chi connectivity index (χ0v) is 14.0. The quantitative estimate of drug-likeness (QED) is 0.785. The number of aryl methyl sites for hydroxylation is 2. The van der Waals surface area contributed by atoms with Crippen molar-refractivity contribution in [1.82, 2.24) is 34.7 Å². The Balaban J connectivity index is 1.96. The summed E-state index contributed by atoms with van der Waals surface area (Å²) in [7, 11) is 0. The second kappa shape index (κ2) is 6.37. The molecule has 3 aromatic rings. The summed E-state index contributed by atoms with van der Waals surface area (Å²) < 4.78 is 3.04. The first-order valence-corrected chi connectivity index (χ1v) is 8.17. The van der Waals surface area contributed by atoms with Crippen LogP contribution in [0.5, 0.6) is 0 Å². The maximum Gasteiger partial charge on any atom is 0.343 e. The molecule has 3 heterocycles. The van der Waals surface area contributed by atoms with Gasteiger partial charge in [-0.1, -0.05) is 6.92 Å². The van der Waals surface area contributed by atoms with Gasteiger partial charge in [0.1, 0.15) is 5.82 Å². The fraction of sp³-hybridized carbons (Fsp3) is 0.357. The molecule has 0 radical (unpaired) electrons. The Morgan fingerprint density at radius 3 is 2.91 bits per heavy atom. The van der Waals surface area contributed by atoms with Crippen molar-refractivity contribution < 1.29 is 4.79 Å². The van der Waals surface area contributed by atoms with Crippen molar-refractivity contribution in [2.24, 2.45) is 0 Å². The molecule has 9 heteroatoms. The standard InChI is InChI=1S/C14H17N7OS/c1-4-10-17-13(19-21(10)14(22)15-5-2)23-11-9(3)18-20-8-6-7-16-12(11)20/h6-8H,4-5H2,1-3H3,(H,15,22). The molecule has 0 saturated carbocycles. The number of fused-ring (bicyclic) bond motifs is 1. The van der Waals surface area contributed by atoms with Gasteiger partial charge in [0.05, 0.1) is 10.6 Å². The number of hydrogen-bond acceptors (Lipinski definition) is 6. The summed E-state index contributed by atoms with van der Waals surface area (Å²) >= 11 is 1.37. The molecular weight excluding hydrogens is 314 g/mol. The summed E-state index contributed by atoms with van der Waals surface area (Å²) in [5.41, 5.74) is 1.60. The Hall–Kier alpha value is -2.42. The van der Waals surface area contributed by atoms with Crippen molar-refractivity contribution in [3.05, 3.63) is 30.0 Å². The summed E-state index contributed by atoms with van der Waals surface area (Å²) in [6, 6.07) is 1.56. The van der Waals surface area contributed by atoms with Crippen LogP contribution in [-0.4, -0.2) is 41.9 Å². The highest BCUT2D eigenvalue weighted by Gasteiger charge is 2.18. The maximum absolute atomic E-state index is 12.0. The summed E-state index contributed by atoms with van der Waals surface area (Å²) in [4.78, 5) is 21.7. The number of hydrogen-bond donors (Lipinski definition) is 1. The molecule has 0 aliphatic heterocycles. The topological polar surface area (TPSA) is 90.0 Å². The zero-order chi connectivity index (χ0) is 16.4. The normalized spacial score (nSPS) is 11.1. The molecule has 0 fully saturated rings. The van der Waals surface area contributed by atoms with E-state index in [2.05, 4.69) is 25.5 Å². The summed E-state index contributed by atoms with van der Waals surface area (Å²) in [6.07, 6.45) is 4.19. The van der Waals surface area contributed by atoms with Crippen molar-refractivity contribution in [3.63, 3.8) is 0 Å². The van der Waals surface area contributed by atoms with Crippen molar-refractivity contribution in [3.8, 4) is 0 Å². The van der Waals surface area contributed by atoms with Crippen LogP contribution in [0.1, 0.15) is 25.4 Å². The number of carbonyl (C=O) groups excluding carboxylic acids is 1. The van der Waals surface area contributed by atoms with E-state index in [1.165, 1.54) is 16.4 Å². The van der Waals surface area contributed by atoms with Crippen molar-refractivity contribution in [2.45, 2.75) is 37.2 Å². The monoisotopic (exact) mass is 331 g/mol. The SMILES string of the molecule is CCNC(=O)n1nc(Sc2c(C)nn3cccnc23)nc1CC. The van der Waals surface area contributed by atoms with Crippen LogP contribution in [0, 0.1) is 6.92 Å². The summed E-state index contributed by atoms with van der Waals surface area (Å²) in [5.74, 6) is 0.625. The molecular formula is C14H17N7OS. The Morgan fingerprint density at radius 1 is 1.35 bits per heavy atom. The van der Waals surface area contributed by atoms with Gasteiger partial charge in [-0.25, -0.2) is 19.3 Å². The van der Waals surface area contributed by atoms with Gasteiger partial charge >= 0.3 is 6.03 Å². The van der Waals surface area contributed by atoms with Gasteiger partial charge in [0.15, 0.2) is 5.65 Å². The minimum Gasteiger partial charge on any atom is -0.336 e. The molecule has 120 valence electrons. The molecule has 0 aliphatic carbocycles. The number of rotatable bonds is 4. The van der Waals surface area contributed by atoms with E-state index in [-0.39, 0.29) is 6.03 Å². The van der Waals surface area contributed by atoms with Crippen molar-refractivity contribution in [2.75, 3.05) is 6.54 Å². The number of aromatic nitrogens is 6. The van der Waals surface area contributed by atoms with Crippen molar-refractivity contribution >= 4 is 23.4 Å². The molecule has 0 bridgehead atoms. The van der Waals surface area contributed by atoms with Gasteiger partial charge in [-0.05, 0) is 31.7 Å². The Morgan fingerprint density at radius 2 is 2.17 bits per heavy atom. The number of nitrogens with one attached hydrogen (secondary N) is 1. The Kier molecular flexibility index (Phi) is 4.28. The predicted molar refractivity (Wildman–Crippen MR) is 85.7 cm³/mol. The van der Waals surface area contributed by atoms with E-state index in [1.54, 1.807) is 10.7 Å². The van der Waals surface area contributed by atoms with Gasteiger partial charge in [-0.2, -0.15) is 9.78 Å². The fourth-order valence-electron chi connectivity index (χ4n) is 2.17. The molecule has 0 aromatic carbocycles. The molecule has 23 heavy (non-hydrogen) atoms. The number of nitrogens with zero attached hydrogens (tertiary/aromatic N) is 6. The molecule has 1 N–H and O–H groups in total. The highest BCUT2D eigenvalue weighted by atomic mass is 32.2. The minimum atomic E-state index is -0.265. The number of amides is 1. The second-order valence-electron chi connectivity index (χ2n) is 4.82. The predicted octanol–water partition coefficient (Wildman–Crippen LogP) is 1.92. The number of carbonyl (C=O) groups is 1. The third-order valence-corrected chi connectivity index (χ3v) is 4.24. The first-order valence-electron chi connectivity index (χ1n) is 7.36. The van der Waals surface area contributed by atoms with E-state index in [0.717, 1.165) is 16.2 Å². The van der Waals surface area contributed by atoms with Gasteiger partial charge in [0.25, 0.3) is 0 Å². The van der Waals surface area contributed by atoms with Crippen LogP contribution in [-0.2, 0) is 6.42 Å². The molecule has 0 saturated heterocycles. The van der Waals surface area contributed by atoms with E-state index >= 15 is 0 Å². The molecule has 3 rings (SSSR count). The van der Waals surface area contributed by atoms with Crippen LogP contribution < -0.4 is 5.32 Å². The van der Waals surface area contributed by atoms with Gasteiger partial charge < -0.3 is 5.32 Å². The molecule has 0 atom stereocenters. The Labute approximate surface area is 137 Å². The lowest BCUT2D eigenvalue weighted by molar-refractivity contribution is 0.239. The highest BCUT2D eigenvalue weighted by molar-refractivity contribution is 7.99. The molecule has 0 spiro atoms. The van der Waals surface area contributed by atoms with E-state index in [0.29, 0.717) is 23.9 Å². The maximum atomic E-state index is 12.0. The van der Waals surface area contributed by atoms with Gasteiger partial charge in [0.2, 0.25) is 5.16 Å². The molecule has 8 nitrogen and oxygen atoms in total. The highest BCUT2D eigenvalue weighted by Crippen LogP contribution is 2.30. The van der Waals surface area contributed by atoms with E-state index < -0.39 is 0 Å². The van der Waals surface area contributed by atoms with Crippen LogP contribution >= 0.6 is 11.8 Å². The molecule has 3 aromatic heterocycles. The first-order chi connectivity index (χ1) is 11.1. The second-order valence-corrected chi connectivity index (χ2v) is 5.79. The van der Waals surface area contributed by atoms with Crippen LogP contribution in [0.3, 0.4) is 0 Å². The smallest absolute Gasteiger partial charge is 0.336 e. The van der Waals surface area contributed by atoms with Crippen molar-refractivity contribution in [1.29, 1.82) is 0 Å². The largest absolute Gasteiger partial charge is 0.343 e. The van der Waals surface area contributed by atoms with Crippen LogP contribution in [0.15, 0.2) is 28.5 Å². The lowest BCUT2D eigenvalue weighted by atomic mass is 10.5. The van der Waals surface area contributed by atoms with E-state index in [4.69, 9.17) is 0 Å². The van der Waals surface area contributed by atoms with Crippen LogP contribution in [0.2, 0.25) is 0 Å². The van der Waals surface area contributed by atoms with Crippen LogP contribution in [0.25, 0.3) is 5.65 Å². The Bertz CT molecular complexity index is 854. The van der Waals surface area contributed by atoms with E-state index in [1.807, 2.05) is 33.0 Å². The minimum absolute atomic E-state index is 0.265. The van der Waals surface area contributed by atoms with Gasteiger partial charge in [-0.3, -0.25) is 0 Å². The first kappa shape index (κ1) is 15.5. The van der Waals surface area contributed by atoms with Crippen LogP contribution in [0.4, 0.5) is 4.79 Å². The lowest BCUT2D eigenvalue weighted by Gasteiger charge is -2.02. The summed E-state index contributed by atoms with van der Waals surface area (Å²) in [5, 5.41) is 12.0. The third kappa shape index (κ3) is 2.91. The van der Waals surface area contributed by atoms with E-state index in [9.17, 15) is 4.79 Å². The average molecular weight is 331 g/mol. The zero-order valence-electron chi connectivity index (χ0n) is 13.1.